The van der Waals surface area contributed by atoms with E-state index < -0.39 is 6.61 Å². The second-order valence-corrected chi connectivity index (χ2v) is 5.46. The molecule has 0 radical (unpaired) electrons. The van der Waals surface area contributed by atoms with E-state index >= 15 is 0 Å². The SMILES string of the molecule is CCOc1cc(CN(C)Cc2cscn2)ccc1OC(F)F. The number of hydrogen-bond donors (Lipinski definition) is 0. The van der Waals surface area contributed by atoms with Crippen LogP contribution in [0, 0.1) is 0 Å². The molecule has 0 atom stereocenters. The highest BCUT2D eigenvalue weighted by Crippen LogP contribution is 2.30. The third-order valence-corrected chi connectivity index (χ3v) is 3.53. The molecule has 4 nitrogen and oxygen atoms in total. The molecule has 0 amide bonds. The Kier molecular flexibility index (Phi) is 6.09. The van der Waals surface area contributed by atoms with Crippen molar-refractivity contribution >= 4 is 11.3 Å². The van der Waals surface area contributed by atoms with Gasteiger partial charge in [0.05, 0.1) is 17.8 Å². The van der Waals surface area contributed by atoms with Crippen LogP contribution in [0.5, 0.6) is 11.5 Å². The number of alkyl halides is 2. The molecule has 0 aliphatic carbocycles. The standard InChI is InChI=1S/C15H18F2N2O2S/c1-3-20-14-6-11(4-5-13(14)21-15(16)17)7-19(2)8-12-9-22-10-18-12/h4-6,9-10,15H,3,7-8H2,1-2H3. The molecule has 0 aliphatic heterocycles. The molecule has 1 aromatic heterocycles. The number of halogens is 2. The van der Waals surface area contributed by atoms with Crippen LogP contribution in [0.15, 0.2) is 29.1 Å². The lowest BCUT2D eigenvalue weighted by Crippen LogP contribution is -2.17. The van der Waals surface area contributed by atoms with Gasteiger partial charge in [-0.1, -0.05) is 6.07 Å². The van der Waals surface area contributed by atoms with E-state index in [-0.39, 0.29) is 5.75 Å². The van der Waals surface area contributed by atoms with E-state index in [2.05, 4.69) is 14.6 Å². The zero-order valence-corrected chi connectivity index (χ0v) is 13.3. The number of hydrogen-bond acceptors (Lipinski definition) is 5. The van der Waals surface area contributed by atoms with Crippen LogP contribution in [0.3, 0.4) is 0 Å². The number of benzene rings is 1. The third-order valence-electron chi connectivity index (χ3n) is 2.89. The molecule has 0 saturated heterocycles. The fourth-order valence-corrected chi connectivity index (χ4v) is 2.62. The molecule has 22 heavy (non-hydrogen) atoms. The van der Waals surface area contributed by atoms with E-state index in [0.717, 1.165) is 17.8 Å². The van der Waals surface area contributed by atoms with Crippen LogP contribution < -0.4 is 9.47 Å². The largest absolute Gasteiger partial charge is 0.490 e. The second kappa shape index (κ2) is 8.05. The molecule has 1 aromatic carbocycles. The van der Waals surface area contributed by atoms with Gasteiger partial charge in [-0.15, -0.1) is 11.3 Å². The lowest BCUT2D eigenvalue weighted by molar-refractivity contribution is -0.0514. The van der Waals surface area contributed by atoms with Crippen LogP contribution in [0.4, 0.5) is 8.78 Å². The maximum absolute atomic E-state index is 12.4. The smallest absolute Gasteiger partial charge is 0.387 e. The van der Waals surface area contributed by atoms with Crippen molar-refractivity contribution in [1.29, 1.82) is 0 Å². The number of thiazole rings is 1. The van der Waals surface area contributed by atoms with Crippen LogP contribution in [-0.4, -0.2) is 30.1 Å². The highest BCUT2D eigenvalue weighted by Gasteiger charge is 2.12. The quantitative estimate of drug-likeness (QED) is 0.739. The van der Waals surface area contributed by atoms with Gasteiger partial charge in [0.2, 0.25) is 0 Å². The average Bonchev–Trinajstić information content (AvgIpc) is 2.94. The van der Waals surface area contributed by atoms with Crippen molar-refractivity contribution in [3.05, 3.63) is 40.3 Å². The summed E-state index contributed by atoms with van der Waals surface area (Å²) in [6.45, 7) is 0.706. The molecule has 1 heterocycles. The summed E-state index contributed by atoms with van der Waals surface area (Å²) in [4.78, 5) is 6.33. The van der Waals surface area contributed by atoms with Gasteiger partial charge >= 0.3 is 6.61 Å². The van der Waals surface area contributed by atoms with Crippen molar-refractivity contribution in [1.82, 2.24) is 9.88 Å². The maximum atomic E-state index is 12.4. The Balaban J connectivity index is 2.05. The monoisotopic (exact) mass is 328 g/mol. The zero-order chi connectivity index (χ0) is 15.9. The zero-order valence-electron chi connectivity index (χ0n) is 12.5. The Hall–Kier alpha value is -1.73. The van der Waals surface area contributed by atoms with E-state index in [9.17, 15) is 8.78 Å². The first-order chi connectivity index (χ1) is 10.6. The summed E-state index contributed by atoms with van der Waals surface area (Å²) in [5, 5.41) is 2.00. The predicted octanol–water partition coefficient (Wildman–Crippen LogP) is 3.78. The second-order valence-electron chi connectivity index (χ2n) is 4.74. The summed E-state index contributed by atoms with van der Waals surface area (Å²) in [6.07, 6.45) is 0. The first-order valence-corrected chi connectivity index (χ1v) is 7.79. The van der Waals surface area contributed by atoms with Gasteiger partial charge < -0.3 is 9.47 Å². The predicted molar refractivity (Wildman–Crippen MR) is 81.5 cm³/mol. The van der Waals surface area contributed by atoms with Gasteiger partial charge in [0.25, 0.3) is 0 Å². The van der Waals surface area contributed by atoms with E-state index in [4.69, 9.17) is 4.74 Å². The van der Waals surface area contributed by atoms with Crippen LogP contribution in [-0.2, 0) is 13.1 Å². The first-order valence-electron chi connectivity index (χ1n) is 6.84. The molecule has 0 aliphatic rings. The van der Waals surface area contributed by atoms with E-state index in [1.54, 1.807) is 35.9 Å². The van der Waals surface area contributed by atoms with Crippen molar-refractivity contribution in [2.45, 2.75) is 26.6 Å². The minimum Gasteiger partial charge on any atom is -0.490 e. The van der Waals surface area contributed by atoms with Crippen LogP contribution >= 0.6 is 11.3 Å². The normalized spacial score (nSPS) is 11.2. The number of rotatable bonds is 8. The fraction of sp³-hybridized carbons (Fsp3) is 0.400. The van der Waals surface area contributed by atoms with E-state index in [1.807, 2.05) is 12.4 Å². The molecule has 2 rings (SSSR count). The third kappa shape index (κ3) is 4.92. The van der Waals surface area contributed by atoms with Crippen LogP contribution in [0.2, 0.25) is 0 Å². The Morgan fingerprint density at radius 3 is 2.73 bits per heavy atom. The summed E-state index contributed by atoms with van der Waals surface area (Å²) in [5.74, 6) is 0.394. The Bertz CT molecular complexity index is 579. The van der Waals surface area contributed by atoms with Gasteiger partial charge in [0, 0.05) is 18.5 Å². The van der Waals surface area contributed by atoms with Crippen molar-refractivity contribution < 1.29 is 18.3 Å². The van der Waals surface area contributed by atoms with Gasteiger partial charge in [0.1, 0.15) is 0 Å². The van der Waals surface area contributed by atoms with Crippen molar-refractivity contribution in [3.8, 4) is 11.5 Å². The lowest BCUT2D eigenvalue weighted by atomic mass is 10.2. The minimum absolute atomic E-state index is 0.0581. The van der Waals surface area contributed by atoms with Gasteiger partial charge in [-0.25, -0.2) is 4.98 Å². The minimum atomic E-state index is -2.86. The van der Waals surface area contributed by atoms with Crippen LogP contribution in [0.1, 0.15) is 18.2 Å². The molecular formula is C15H18F2N2O2S. The molecule has 0 saturated carbocycles. The molecule has 0 unspecified atom stereocenters. The van der Waals surface area contributed by atoms with Gasteiger partial charge in [-0.05, 0) is 31.7 Å². The lowest BCUT2D eigenvalue weighted by Gasteiger charge is -2.17. The molecular weight excluding hydrogens is 310 g/mol. The molecule has 0 bridgehead atoms. The van der Waals surface area contributed by atoms with Crippen molar-refractivity contribution in [2.24, 2.45) is 0 Å². The molecule has 7 heteroatoms. The summed E-state index contributed by atoms with van der Waals surface area (Å²) in [6, 6.07) is 5.01. The van der Waals surface area contributed by atoms with Crippen molar-refractivity contribution in [2.75, 3.05) is 13.7 Å². The Morgan fingerprint density at radius 2 is 2.09 bits per heavy atom. The highest BCUT2D eigenvalue weighted by atomic mass is 32.1. The molecule has 120 valence electrons. The van der Waals surface area contributed by atoms with E-state index in [1.165, 1.54) is 6.07 Å². The summed E-state index contributed by atoms with van der Waals surface area (Å²) >= 11 is 1.56. The fourth-order valence-electron chi connectivity index (χ4n) is 2.07. The molecule has 0 N–H and O–H groups in total. The maximum Gasteiger partial charge on any atom is 0.387 e. The molecule has 0 spiro atoms. The van der Waals surface area contributed by atoms with Crippen LogP contribution in [0.25, 0.3) is 0 Å². The van der Waals surface area contributed by atoms with Gasteiger partial charge in [-0.3, -0.25) is 4.90 Å². The first kappa shape index (κ1) is 16.6. The van der Waals surface area contributed by atoms with Gasteiger partial charge in [0.15, 0.2) is 11.5 Å². The summed E-state index contributed by atoms with van der Waals surface area (Å²) in [7, 11) is 1.98. The Labute approximate surface area is 132 Å². The molecule has 2 aromatic rings. The summed E-state index contributed by atoms with van der Waals surface area (Å²) in [5.41, 5.74) is 3.77. The average molecular weight is 328 g/mol. The van der Waals surface area contributed by atoms with Crippen molar-refractivity contribution in [3.63, 3.8) is 0 Å². The number of ether oxygens (including phenoxy) is 2. The topological polar surface area (TPSA) is 34.6 Å². The number of nitrogens with zero attached hydrogens (tertiary/aromatic N) is 2. The Morgan fingerprint density at radius 1 is 1.27 bits per heavy atom. The molecule has 0 fully saturated rings. The van der Waals surface area contributed by atoms with E-state index in [0.29, 0.717) is 18.9 Å². The van der Waals surface area contributed by atoms with Gasteiger partial charge in [-0.2, -0.15) is 8.78 Å². The number of aromatic nitrogens is 1. The summed E-state index contributed by atoms with van der Waals surface area (Å²) < 4.78 is 34.6. The highest BCUT2D eigenvalue weighted by molar-refractivity contribution is 7.07.